The molecule has 1 aliphatic heterocycles. The number of carbonyl (C=O) groups excluding carboxylic acids is 1. The summed E-state index contributed by atoms with van der Waals surface area (Å²) >= 11 is 1.66. The van der Waals surface area contributed by atoms with E-state index < -0.39 is 0 Å². The number of aliphatic imine (C=N–C) groups is 1. The van der Waals surface area contributed by atoms with Crippen LogP contribution in [0.1, 0.15) is 29.1 Å². The van der Waals surface area contributed by atoms with Crippen LogP contribution in [0.3, 0.4) is 0 Å². The predicted octanol–water partition coefficient (Wildman–Crippen LogP) is 1.75. The van der Waals surface area contributed by atoms with Crippen LogP contribution in [-0.2, 0) is 11.3 Å². The number of nitrogens with one attached hydrogen (secondary N) is 2. The maximum atomic E-state index is 12.1. The molecule has 1 aliphatic rings. The minimum atomic E-state index is 0. The van der Waals surface area contributed by atoms with Gasteiger partial charge in [0, 0.05) is 31.2 Å². The summed E-state index contributed by atoms with van der Waals surface area (Å²) in [6, 6.07) is 0. The summed E-state index contributed by atoms with van der Waals surface area (Å²) < 4.78 is 0. The van der Waals surface area contributed by atoms with Gasteiger partial charge in [0.25, 0.3) is 0 Å². The molecule has 0 radical (unpaired) electrons. The third kappa shape index (κ3) is 6.07. The summed E-state index contributed by atoms with van der Waals surface area (Å²) in [5.74, 6) is 0.774. The molecule has 6 nitrogen and oxygen atoms in total. The number of hydrogen-bond acceptors (Lipinski definition) is 4. The van der Waals surface area contributed by atoms with Crippen LogP contribution < -0.4 is 10.6 Å². The summed E-state index contributed by atoms with van der Waals surface area (Å²) in [6.07, 6.45) is 5.32. The van der Waals surface area contributed by atoms with Crippen LogP contribution in [-0.4, -0.2) is 48.4 Å². The van der Waals surface area contributed by atoms with Crippen molar-refractivity contribution in [3.05, 3.63) is 16.1 Å². The lowest BCUT2D eigenvalue weighted by Gasteiger charge is -2.27. The largest absolute Gasteiger partial charge is 0.350 e. The van der Waals surface area contributed by atoms with Gasteiger partial charge in [-0.2, -0.15) is 0 Å². The normalized spacial score (nSPS) is 15.2. The van der Waals surface area contributed by atoms with Crippen molar-refractivity contribution < 1.29 is 4.79 Å². The molecular weight excluding hydrogens is 413 g/mol. The highest BCUT2D eigenvalue weighted by Gasteiger charge is 2.16. The number of thiazole rings is 1. The first-order valence-electron chi connectivity index (χ1n) is 7.32. The van der Waals surface area contributed by atoms with E-state index in [-0.39, 0.29) is 36.4 Å². The SMILES string of the molecule is CN=C(NCC(=O)N1CCCCC1)NCc1ncc(C)s1.I. The molecule has 2 heterocycles. The van der Waals surface area contributed by atoms with Gasteiger partial charge < -0.3 is 15.5 Å². The van der Waals surface area contributed by atoms with Crippen LogP contribution in [0.2, 0.25) is 0 Å². The van der Waals surface area contributed by atoms with E-state index in [4.69, 9.17) is 0 Å². The van der Waals surface area contributed by atoms with Crippen molar-refractivity contribution in [2.75, 3.05) is 26.7 Å². The predicted molar refractivity (Wildman–Crippen MR) is 101 cm³/mol. The smallest absolute Gasteiger partial charge is 0.241 e. The van der Waals surface area contributed by atoms with E-state index in [0.29, 0.717) is 12.5 Å². The van der Waals surface area contributed by atoms with Crippen molar-refractivity contribution in [1.82, 2.24) is 20.5 Å². The van der Waals surface area contributed by atoms with Gasteiger partial charge in [-0.25, -0.2) is 4.98 Å². The summed E-state index contributed by atoms with van der Waals surface area (Å²) in [4.78, 5) is 23.6. The summed E-state index contributed by atoms with van der Waals surface area (Å²) in [5.41, 5.74) is 0. The Morgan fingerprint density at radius 1 is 1.36 bits per heavy atom. The monoisotopic (exact) mass is 437 g/mol. The lowest BCUT2D eigenvalue weighted by Crippen LogP contribution is -2.45. The molecule has 1 saturated heterocycles. The van der Waals surface area contributed by atoms with Crippen molar-refractivity contribution >= 4 is 47.2 Å². The Balaban J connectivity index is 0.00000242. The molecule has 0 spiro atoms. The van der Waals surface area contributed by atoms with Crippen molar-refractivity contribution in [1.29, 1.82) is 0 Å². The number of aryl methyl sites for hydroxylation is 1. The van der Waals surface area contributed by atoms with Gasteiger partial charge in [-0.1, -0.05) is 0 Å². The topological polar surface area (TPSA) is 69.6 Å². The van der Waals surface area contributed by atoms with Crippen LogP contribution in [0.5, 0.6) is 0 Å². The number of amides is 1. The van der Waals surface area contributed by atoms with Gasteiger partial charge in [-0.05, 0) is 26.2 Å². The van der Waals surface area contributed by atoms with Crippen molar-refractivity contribution in [3.63, 3.8) is 0 Å². The molecule has 22 heavy (non-hydrogen) atoms. The number of aromatic nitrogens is 1. The fourth-order valence-corrected chi connectivity index (χ4v) is 3.00. The van der Waals surface area contributed by atoms with E-state index in [1.165, 1.54) is 11.3 Å². The lowest BCUT2D eigenvalue weighted by molar-refractivity contribution is -0.130. The standard InChI is InChI=1S/C14H23N5OS.HI/c1-11-8-16-12(21-11)9-17-14(15-2)18-10-13(20)19-6-4-3-5-7-19;/h8H,3-7,9-10H2,1-2H3,(H2,15,17,18);1H. The molecule has 8 heteroatoms. The minimum Gasteiger partial charge on any atom is -0.350 e. The maximum absolute atomic E-state index is 12.1. The fourth-order valence-electron chi connectivity index (χ4n) is 2.28. The Morgan fingerprint density at radius 2 is 2.09 bits per heavy atom. The summed E-state index contributed by atoms with van der Waals surface area (Å²) in [7, 11) is 1.70. The van der Waals surface area contributed by atoms with E-state index in [1.54, 1.807) is 18.4 Å². The van der Waals surface area contributed by atoms with E-state index in [0.717, 1.165) is 30.9 Å². The van der Waals surface area contributed by atoms with Gasteiger partial charge in [-0.3, -0.25) is 9.79 Å². The molecule has 0 unspecified atom stereocenters. The average Bonchev–Trinajstić information content (AvgIpc) is 2.93. The first-order chi connectivity index (χ1) is 10.2. The number of halogens is 1. The first kappa shape index (κ1) is 19.1. The molecule has 1 aromatic rings. The number of nitrogens with zero attached hydrogens (tertiary/aromatic N) is 3. The fraction of sp³-hybridized carbons (Fsp3) is 0.643. The second kappa shape index (κ2) is 9.98. The minimum absolute atomic E-state index is 0. The van der Waals surface area contributed by atoms with Gasteiger partial charge in [0.1, 0.15) is 5.01 Å². The molecule has 0 aliphatic carbocycles. The summed E-state index contributed by atoms with van der Waals surface area (Å²) in [6.45, 7) is 4.70. The highest BCUT2D eigenvalue weighted by molar-refractivity contribution is 14.0. The van der Waals surface area contributed by atoms with Crippen molar-refractivity contribution in [2.24, 2.45) is 4.99 Å². The second-order valence-electron chi connectivity index (χ2n) is 5.09. The molecule has 2 N–H and O–H groups in total. The van der Waals surface area contributed by atoms with Crippen LogP contribution in [0.4, 0.5) is 0 Å². The molecule has 124 valence electrons. The van der Waals surface area contributed by atoms with Gasteiger partial charge >= 0.3 is 0 Å². The Kier molecular flexibility index (Phi) is 8.69. The van der Waals surface area contributed by atoms with Crippen LogP contribution in [0, 0.1) is 6.92 Å². The molecule has 0 atom stereocenters. The highest BCUT2D eigenvalue weighted by Crippen LogP contribution is 2.10. The number of likely N-dealkylation sites (tertiary alicyclic amines) is 1. The van der Waals surface area contributed by atoms with Crippen LogP contribution >= 0.6 is 35.3 Å². The number of guanidine groups is 1. The van der Waals surface area contributed by atoms with Gasteiger partial charge in [0.15, 0.2) is 5.96 Å². The van der Waals surface area contributed by atoms with Gasteiger partial charge in [-0.15, -0.1) is 35.3 Å². The molecule has 0 saturated carbocycles. The first-order valence-corrected chi connectivity index (χ1v) is 8.14. The Morgan fingerprint density at radius 3 is 2.68 bits per heavy atom. The Bertz CT molecular complexity index is 499. The van der Waals surface area contributed by atoms with Crippen molar-refractivity contribution in [2.45, 2.75) is 32.7 Å². The Hall–Kier alpha value is -0.900. The third-order valence-electron chi connectivity index (χ3n) is 3.42. The molecule has 0 bridgehead atoms. The molecule has 0 aromatic carbocycles. The molecule has 2 rings (SSSR count). The molecule has 1 fully saturated rings. The van der Waals surface area contributed by atoms with Crippen LogP contribution in [0.25, 0.3) is 0 Å². The maximum Gasteiger partial charge on any atom is 0.241 e. The third-order valence-corrected chi connectivity index (χ3v) is 4.33. The lowest BCUT2D eigenvalue weighted by atomic mass is 10.1. The van der Waals surface area contributed by atoms with Gasteiger partial charge in [0.2, 0.25) is 5.91 Å². The molecule has 1 aromatic heterocycles. The average molecular weight is 437 g/mol. The van der Waals surface area contributed by atoms with E-state index in [9.17, 15) is 4.79 Å². The number of carbonyl (C=O) groups is 1. The van der Waals surface area contributed by atoms with E-state index in [2.05, 4.69) is 20.6 Å². The molecule has 1 amide bonds. The zero-order valence-electron chi connectivity index (χ0n) is 13.1. The second-order valence-corrected chi connectivity index (χ2v) is 6.40. The highest BCUT2D eigenvalue weighted by atomic mass is 127. The van der Waals surface area contributed by atoms with E-state index >= 15 is 0 Å². The van der Waals surface area contributed by atoms with E-state index in [1.807, 2.05) is 18.0 Å². The number of hydrogen-bond donors (Lipinski definition) is 2. The van der Waals surface area contributed by atoms with Crippen molar-refractivity contribution in [3.8, 4) is 0 Å². The van der Waals surface area contributed by atoms with Crippen LogP contribution in [0.15, 0.2) is 11.2 Å². The zero-order valence-corrected chi connectivity index (χ0v) is 16.2. The zero-order chi connectivity index (χ0) is 15.1. The number of piperidine rings is 1. The quantitative estimate of drug-likeness (QED) is 0.428. The van der Waals surface area contributed by atoms with Gasteiger partial charge in [0.05, 0.1) is 13.1 Å². The number of rotatable bonds is 4. The summed E-state index contributed by atoms with van der Waals surface area (Å²) in [5, 5.41) is 7.25. The Labute approximate surface area is 152 Å². The molecular formula is C14H24IN5OS.